The number of hydrogen-bond acceptors (Lipinski definition) is 4. The number of nitrogens with one attached hydrogen (secondary N) is 1. The summed E-state index contributed by atoms with van der Waals surface area (Å²) in [6, 6.07) is 7.77. The lowest BCUT2D eigenvalue weighted by molar-refractivity contribution is -0.145. The minimum Gasteiger partial charge on any atom is -0.469 e. The average molecular weight is 415 g/mol. The van der Waals surface area contributed by atoms with Gasteiger partial charge in [0.1, 0.15) is 0 Å². The van der Waals surface area contributed by atoms with E-state index in [-0.39, 0.29) is 23.7 Å². The van der Waals surface area contributed by atoms with E-state index < -0.39 is 0 Å². The molecule has 30 heavy (non-hydrogen) atoms. The minimum atomic E-state index is -0.162. The van der Waals surface area contributed by atoms with E-state index in [1.807, 2.05) is 36.1 Å². The molecule has 2 saturated heterocycles. The van der Waals surface area contributed by atoms with Crippen molar-refractivity contribution in [1.29, 1.82) is 0 Å². The highest BCUT2D eigenvalue weighted by Crippen LogP contribution is 2.24. The summed E-state index contributed by atoms with van der Waals surface area (Å²) in [6.45, 7) is 8.40. The SMILES string of the molecule is CCNC(=NCc1cccc(C(=O)N2CCCCC2)c1)N1CC(C)C(C(=O)OC)C1. The summed E-state index contributed by atoms with van der Waals surface area (Å²) in [5.74, 6) is 0.825. The van der Waals surface area contributed by atoms with Crippen LogP contribution in [-0.2, 0) is 16.1 Å². The smallest absolute Gasteiger partial charge is 0.310 e. The number of aliphatic imine (C=N–C) groups is 1. The fraction of sp³-hybridized carbons (Fsp3) is 0.609. The zero-order chi connectivity index (χ0) is 21.5. The molecule has 2 aliphatic heterocycles. The zero-order valence-corrected chi connectivity index (χ0v) is 18.4. The number of carbonyl (C=O) groups is 2. The van der Waals surface area contributed by atoms with Gasteiger partial charge in [0.25, 0.3) is 5.91 Å². The van der Waals surface area contributed by atoms with Crippen LogP contribution in [0.15, 0.2) is 29.3 Å². The highest BCUT2D eigenvalue weighted by molar-refractivity contribution is 5.94. The lowest BCUT2D eigenvalue weighted by Gasteiger charge is -2.26. The van der Waals surface area contributed by atoms with Gasteiger partial charge in [-0.05, 0) is 49.8 Å². The molecule has 164 valence electrons. The summed E-state index contributed by atoms with van der Waals surface area (Å²) in [4.78, 5) is 33.7. The second-order valence-corrected chi connectivity index (χ2v) is 8.24. The Morgan fingerprint density at radius 2 is 1.93 bits per heavy atom. The molecule has 0 aromatic heterocycles. The van der Waals surface area contributed by atoms with Gasteiger partial charge < -0.3 is 19.9 Å². The number of benzene rings is 1. The van der Waals surface area contributed by atoms with Crippen molar-refractivity contribution < 1.29 is 14.3 Å². The van der Waals surface area contributed by atoms with Crippen molar-refractivity contribution in [1.82, 2.24) is 15.1 Å². The first kappa shape index (κ1) is 22.1. The number of esters is 1. The number of guanidine groups is 1. The summed E-state index contributed by atoms with van der Waals surface area (Å²) in [7, 11) is 1.44. The number of piperidine rings is 1. The van der Waals surface area contributed by atoms with Crippen molar-refractivity contribution in [2.24, 2.45) is 16.8 Å². The van der Waals surface area contributed by atoms with Crippen molar-refractivity contribution in [3.8, 4) is 0 Å². The van der Waals surface area contributed by atoms with Gasteiger partial charge in [0.2, 0.25) is 0 Å². The third-order valence-corrected chi connectivity index (χ3v) is 5.98. The van der Waals surface area contributed by atoms with E-state index in [0.717, 1.165) is 56.1 Å². The van der Waals surface area contributed by atoms with Crippen molar-refractivity contribution in [2.75, 3.05) is 39.8 Å². The van der Waals surface area contributed by atoms with Gasteiger partial charge in [-0.3, -0.25) is 9.59 Å². The van der Waals surface area contributed by atoms with E-state index in [2.05, 4.69) is 17.1 Å². The van der Waals surface area contributed by atoms with Crippen LogP contribution < -0.4 is 5.32 Å². The number of likely N-dealkylation sites (tertiary alicyclic amines) is 2. The molecule has 3 rings (SSSR count). The first-order chi connectivity index (χ1) is 14.5. The molecule has 2 atom stereocenters. The summed E-state index contributed by atoms with van der Waals surface area (Å²) < 4.78 is 4.95. The number of carbonyl (C=O) groups excluding carboxylic acids is 2. The molecule has 7 nitrogen and oxygen atoms in total. The Morgan fingerprint density at radius 3 is 2.63 bits per heavy atom. The molecule has 0 spiro atoms. The maximum atomic E-state index is 12.8. The standard InChI is InChI=1S/C23H34N4O3/c1-4-24-23(27-15-17(2)20(16-27)22(29)30-3)25-14-18-9-8-10-19(13-18)21(28)26-11-6-5-7-12-26/h8-10,13,17,20H,4-7,11-12,14-16H2,1-3H3,(H,24,25). The Labute approximate surface area is 179 Å². The Morgan fingerprint density at radius 1 is 1.17 bits per heavy atom. The molecule has 2 aliphatic rings. The predicted molar refractivity (Wildman–Crippen MR) is 117 cm³/mol. The van der Waals surface area contributed by atoms with Crippen molar-refractivity contribution in [3.05, 3.63) is 35.4 Å². The van der Waals surface area contributed by atoms with Crippen molar-refractivity contribution in [2.45, 2.75) is 39.7 Å². The molecule has 2 fully saturated rings. The van der Waals surface area contributed by atoms with Crippen LogP contribution >= 0.6 is 0 Å². The van der Waals surface area contributed by atoms with Crippen LogP contribution in [0.25, 0.3) is 0 Å². The number of methoxy groups -OCH3 is 1. The maximum Gasteiger partial charge on any atom is 0.310 e. The molecule has 0 saturated carbocycles. The van der Waals surface area contributed by atoms with E-state index in [1.165, 1.54) is 13.5 Å². The van der Waals surface area contributed by atoms with Crippen LogP contribution in [-0.4, -0.2) is 67.5 Å². The van der Waals surface area contributed by atoms with Gasteiger partial charge in [-0.1, -0.05) is 19.1 Å². The maximum absolute atomic E-state index is 12.8. The van der Waals surface area contributed by atoms with Gasteiger partial charge in [0.15, 0.2) is 5.96 Å². The quantitative estimate of drug-likeness (QED) is 0.455. The van der Waals surface area contributed by atoms with Gasteiger partial charge in [0.05, 0.1) is 19.6 Å². The van der Waals surface area contributed by atoms with Crippen LogP contribution in [0.1, 0.15) is 49.0 Å². The molecule has 1 N–H and O–H groups in total. The highest BCUT2D eigenvalue weighted by Gasteiger charge is 2.36. The molecule has 1 amide bonds. The number of nitrogens with zero attached hydrogens (tertiary/aromatic N) is 3. The van der Waals surface area contributed by atoms with Crippen molar-refractivity contribution >= 4 is 17.8 Å². The van der Waals surface area contributed by atoms with Crippen LogP contribution in [0, 0.1) is 11.8 Å². The van der Waals surface area contributed by atoms with Gasteiger partial charge in [-0.15, -0.1) is 0 Å². The number of hydrogen-bond donors (Lipinski definition) is 1. The van der Waals surface area contributed by atoms with Crippen LogP contribution in [0.4, 0.5) is 0 Å². The third-order valence-electron chi connectivity index (χ3n) is 5.98. The summed E-state index contributed by atoms with van der Waals surface area (Å²) in [6.07, 6.45) is 3.38. The normalized spacial score (nSPS) is 22.2. The first-order valence-corrected chi connectivity index (χ1v) is 11.0. The van der Waals surface area contributed by atoms with Crippen LogP contribution in [0.2, 0.25) is 0 Å². The average Bonchev–Trinajstić information content (AvgIpc) is 3.17. The monoisotopic (exact) mass is 414 g/mol. The fourth-order valence-corrected chi connectivity index (χ4v) is 4.27. The summed E-state index contributed by atoms with van der Waals surface area (Å²) in [5, 5.41) is 3.33. The Balaban J connectivity index is 1.69. The van der Waals surface area contributed by atoms with Gasteiger partial charge in [-0.25, -0.2) is 4.99 Å². The van der Waals surface area contributed by atoms with Gasteiger partial charge >= 0.3 is 5.97 Å². The summed E-state index contributed by atoms with van der Waals surface area (Å²) >= 11 is 0. The topological polar surface area (TPSA) is 74.2 Å². The molecule has 0 radical (unpaired) electrons. The van der Waals surface area contributed by atoms with E-state index in [0.29, 0.717) is 13.1 Å². The zero-order valence-electron chi connectivity index (χ0n) is 18.4. The fourth-order valence-electron chi connectivity index (χ4n) is 4.27. The van der Waals surface area contributed by atoms with Gasteiger partial charge in [-0.2, -0.15) is 0 Å². The summed E-state index contributed by atoms with van der Waals surface area (Å²) in [5.41, 5.74) is 1.74. The lowest BCUT2D eigenvalue weighted by atomic mass is 9.99. The minimum absolute atomic E-state index is 0.113. The Kier molecular flexibility index (Phi) is 7.71. The molecule has 2 heterocycles. The number of rotatable bonds is 5. The largest absolute Gasteiger partial charge is 0.469 e. The van der Waals surface area contributed by atoms with Gasteiger partial charge in [0, 0.05) is 38.3 Å². The second kappa shape index (κ2) is 10.5. The Hall–Kier alpha value is -2.57. The van der Waals surface area contributed by atoms with Crippen LogP contribution in [0.5, 0.6) is 0 Å². The van der Waals surface area contributed by atoms with Crippen LogP contribution in [0.3, 0.4) is 0 Å². The number of amides is 1. The first-order valence-electron chi connectivity index (χ1n) is 11.0. The second-order valence-electron chi connectivity index (χ2n) is 8.24. The molecule has 7 heteroatoms. The van der Waals surface area contributed by atoms with Crippen molar-refractivity contribution in [3.63, 3.8) is 0 Å². The third kappa shape index (κ3) is 5.32. The molecule has 1 aromatic carbocycles. The Bertz CT molecular complexity index is 773. The highest BCUT2D eigenvalue weighted by atomic mass is 16.5. The molecule has 0 bridgehead atoms. The van der Waals surface area contributed by atoms with E-state index in [9.17, 15) is 9.59 Å². The molecule has 0 aliphatic carbocycles. The van der Waals surface area contributed by atoms with E-state index in [4.69, 9.17) is 9.73 Å². The van der Waals surface area contributed by atoms with E-state index in [1.54, 1.807) is 0 Å². The molecule has 1 aromatic rings. The lowest BCUT2D eigenvalue weighted by Crippen LogP contribution is -2.40. The number of ether oxygens (including phenoxy) is 1. The molecule has 2 unspecified atom stereocenters. The molecular weight excluding hydrogens is 380 g/mol. The predicted octanol–water partition coefficient (Wildman–Crippen LogP) is 2.52. The molecular formula is C23H34N4O3. The van der Waals surface area contributed by atoms with E-state index >= 15 is 0 Å².